The Morgan fingerprint density at radius 1 is 1.18 bits per heavy atom. The van der Waals surface area contributed by atoms with Crippen LogP contribution in [0.15, 0.2) is 42.5 Å². The second-order valence-corrected chi connectivity index (χ2v) is 3.74. The molecule has 0 radical (unpaired) electrons. The van der Waals surface area contributed by atoms with Crippen molar-refractivity contribution < 1.29 is 4.79 Å². The molecule has 0 aliphatic carbocycles. The molecule has 0 heterocycles. The standard InChI is InChI=1S/C15H13NO/c1-2-3-11-16-15(17)14-10-6-8-12-7-4-5-9-13(12)14/h1,4-10H,3,11H2,(H,16,17). The van der Waals surface area contributed by atoms with Gasteiger partial charge in [0.25, 0.3) is 5.91 Å². The van der Waals surface area contributed by atoms with Crippen LogP contribution in [0, 0.1) is 12.3 Å². The highest BCUT2D eigenvalue weighted by Gasteiger charge is 2.07. The van der Waals surface area contributed by atoms with Gasteiger partial charge in [-0.25, -0.2) is 0 Å². The molecule has 1 amide bonds. The van der Waals surface area contributed by atoms with Gasteiger partial charge in [-0.2, -0.15) is 0 Å². The molecule has 1 N–H and O–H groups in total. The number of carbonyl (C=O) groups excluding carboxylic acids is 1. The molecule has 2 aromatic rings. The lowest BCUT2D eigenvalue weighted by molar-refractivity contribution is 0.0956. The maximum absolute atomic E-state index is 12.0. The average molecular weight is 223 g/mol. The third kappa shape index (κ3) is 2.46. The van der Waals surface area contributed by atoms with Gasteiger partial charge < -0.3 is 5.32 Å². The lowest BCUT2D eigenvalue weighted by Crippen LogP contribution is -2.24. The van der Waals surface area contributed by atoms with E-state index in [2.05, 4.69) is 11.2 Å². The van der Waals surface area contributed by atoms with Gasteiger partial charge in [0.15, 0.2) is 0 Å². The Balaban J connectivity index is 2.29. The molecule has 17 heavy (non-hydrogen) atoms. The molecule has 0 aromatic heterocycles. The Morgan fingerprint density at radius 3 is 2.76 bits per heavy atom. The minimum atomic E-state index is -0.0722. The lowest BCUT2D eigenvalue weighted by atomic mass is 10.0. The van der Waals surface area contributed by atoms with Crippen molar-refractivity contribution in [2.45, 2.75) is 6.42 Å². The third-order valence-corrected chi connectivity index (χ3v) is 2.59. The van der Waals surface area contributed by atoms with Gasteiger partial charge in [-0.15, -0.1) is 12.3 Å². The van der Waals surface area contributed by atoms with Crippen LogP contribution in [-0.2, 0) is 0 Å². The monoisotopic (exact) mass is 223 g/mol. The van der Waals surface area contributed by atoms with Crippen molar-refractivity contribution in [2.24, 2.45) is 0 Å². The molecule has 2 rings (SSSR count). The Morgan fingerprint density at radius 2 is 1.94 bits per heavy atom. The number of nitrogens with one attached hydrogen (secondary N) is 1. The second-order valence-electron chi connectivity index (χ2n) is 3.74. The molecule has 2 nitrogen and oxygen atoms in total. The highest BCUT2D eigenvalue weighted by atomic mass is 16.1. The van der Waals surface area contributed by atoms with E-state index in [0.29, 0.717) is 18.5 Å². The van der Waals surface area contributed by atoms with Crippen LogP contribution >= 0.6 is 0 Å². The zero-order valence-corrected chi connectivity index (χ0v) is 9.44. The highest BCUT2D eigenvalue weighted by Crippen LogP contribution is 2.18. The number of hydrogen-bond acceptors (Lipinski definition) is 1. The van der Waals surface area contributed by atoms with Crippen LogP contribution in [-0.4, -0.2) is 12.5 Å². The Kier molecular flexibility index (Phi) is 3.42. The maximum atomic E-state index is 12.0. The number of terminal acetylenes is 1. The average Bonchev–Trinajstić information content (AvgIpc) is 2.38. The Bertz CT molecular complexity index is 575. The number of amides is 1. The van der Waals surface area contributed by atoms with Crippen LogP contribution in [0.4, 0.5) is 0 Å². The molecular weight excluding hydrogens is 210 g/mol. The molecule has 2 aromatic carbocycles. The number of fused-ring (bicyclic) bond motifs is 1. The molecule has 0 atom stereocenters. The SMILES string of the molecule is C#CCCNC(=O)c1cccc2ccccc12. The molecule has 0 saturated carbocycles. The summed E-state index contributed by atoms with van der Waals surface area (Å²) in [4.78, 5) is 12.0. The van der Waals surface area contributed by atoms with Gasteiger partial charge in [0.2, 0.25) is 0 Å². The minimum Gasteiger partial charge on any atom is -0.351 e. The molecular formula is C15H13NO. The van der Waals surface area contributed by atoms with Crippen LogP contribution in [0.1, 0.15) is 16.8 Å². The largest absolute Gasteiger partial charge is 0.351 e. The first-order valence-electron chi connectivity index (χ1n) is 5.52. The molecule has 0 aliphatic rings. The van der Waals surface area contributed by atoms with E-state index in [-0.39, 0.29) is 5.91 Å². The third-order valence-electron chi connectivity index (χ3n) is 2.59. The first-order valence-corrected chi connectivity index (χ1v) is 5.52. The van der Waals surface area contributed by atoms with Crippen molar-refractivity contribution in [3.8, 4) is 12.3 Å². The number of hydrogen-bond donors (Lipinski definition) is 1. The van der Waals surface area contributed by atoms with Crippen LogP contribution < -0.4 is 5.32 Å². The van der Waals surface area contributed by atoms with Crippen molar-refractivity contribution in [2.75, 3.05) is 6.54 Å². The van der Waals surface area contributed by atoms with E-state index in [0.717, 1.165) is 10.8 Å². The zero-order chi connectivity index (χ0) is 12.1. The van der Waals surface area contributed by atoms with Gasteiger partial charge in [-0.3, -0.25) is 4.79 Å². The number of carbonyl (C=O) groups is 1. The maximum Gasteiger partial charge on any atom is 0.251 e. The van der Waals surface area contributed by atoms with Gasteiger partial charge in [0, 0.05) is 18.5 Å². The summed E-state index contributed by atoms with van der Waals surface area (Å²) >= 11 is 0. The predicted molar refractivity (Wildman–Crippen MR) is 69.7 cm³/mol. The molecule has 0 aliphatic heterocycles. The van der Waals surface area contributed by atoms with Crippen molar-refractivity contribution in [1.82, 2.24) is 5.32 Å². The van der Waals surface area contributed by atoms with E-state index in [1.807, 2.05) is 42.5 Å². The molecule has 0 bridgehead atoms. The molecule has 84 valence electrons. The normalized spacial score (nSPS) is 9.82. The fourth-order valence-electron chi connectivity index (χ4n) is 1.77. The lowest BCUT2D eigenvalue weighted by Gasteiger charge is -2.06. The molecule has 2 heteroatoms. The van der Waals surface area contributed by atoms with Gasteiger partial charge in [-0.1, -0.05) is 36.4 Å². The first kappa shape index (κ1) is 11.2. The van der Waals surface area contributed by atoms with E-state index < -0.39 is 0 Å². The smallest absolute Gasteiger partial charge is 0.251 e. The summed E-state index contributed by atoms with van der Waals surface area (Å²) in [6.45, 7) is 0.512. The van der Waals surface area contributed by atoms with E-state index >= 15 is 0 Å². The van der Waals surface area contributed by atoms with Crippen molar-refractivity contribution in [3.05, 3.63) is 48.0 Å². The van der Waals surface area contributed by atoms with Crippen molar-refractivity contribution in [3.63, 3.8) is 0 Å². The molecule has 0 fully saturated rings. The summed E-state index contributed by atoms with van der Waals surface area (Å²) in [7, 11) is 0. The van der Waals surface area contributed by atoms with Gasteiger partial charge in [0.05, 0.1) is 0 Å². The van der Waals surface area contributed by atoms with E-state index in [4.69, 9.17) is 6.42 Å². The quantitative estimate of drug-likeness (QED) is 0.629. The van der Waals surface area contributed by atoms with Gasteiger partial charge in [-0.05, 0) is 16.8 Å². The van der Waals surface area contributed by atoms with Crippen molar-refractivity contribution in [1.29, 1.82) is 0 Å². The van der Waals surface area contributed by atoms with Gasteiger partial charge in [0.1, 0.15) is 0 Å². The fraction of sp³-hybridized carbons (Fsp3) is 0.133. The highest BCUT2D eigenvalue weighted by molar-refractivity contribution is 6.06. The minimum absolute atomic E-state index is 0.0722. The summed E-state index contributed by atoms with van der Waals surface area (Å²) < 4.78 is 0. The molecule has 0 unspecified atom stereocenters. The number of rotatable bonds is 3. The summed E-state index contributed by atoms with van der Waals surface area (Å²) in [5.74, 6) is 2.42. The predicted octanol–water partition coefficient (Wildman–Crippen LogP) is 2.59. The van der Waals surface area contributed by atoms with E-state index in [1.54, 1.807) is 0 Å². The first-order chi connectivity index (χ1) is 8.33. The molecule has 0 saturated heterocycles. The summed E-state index contributed by atoms with van der Waals surface area (Å²) in [5, 5.41) is 4.84. The van der Waals surface area contributed by atoms with E-state index in [9.17, 15) is 4.79 Å². The van der Waals surface area contributed by atoms with Gasteiger partial charge >= 0.3 is 0 Å². The Hall–Kier alpha value is -2.27. The van der Waals surface area contributed by atoms with Crippen LogP contribution in [0.25, 0.3) is 10.8 Å². The van der Waals surface area contributed by atoms with Crippen LogP contribution in [0.5, 0.6) is 0 Å². The summed E-state index contributed by atoms with van der Waals surface area (Å²) in [6, 6.07) is 13.5. The Labute approximate surface area is 101 Å². The summed E-state index contributed by atoms with van der Waals surface area (Å²) in [5.41, 5.74) is 0.695. The fourth-order valence-corrected chi connectivity index (χ4v) is 1.77. The summed E-state index contributed by atoms with van der Waals surface area (Å²) in [6.07, 6.45) is 5.69. The van der Waals surface area contributed by atoms with Crippen LogP contribution in [0.3, 0.4) is 0 Å². The number of benzene rings is 2. The van der Waals surface area contributed by atoms with E-state index in [1.165, 1.54) is 0 Å². The zero-order valence-electron chi connectivity index (χ0n) is 9.44. The topological polar surface area (TPSA) is 29.1 Å². The molecule has 0 spiro atoms. The van der Waals surface area contributed by atoms with Crippen LogP contribution in [0.2, 0.25) is 0 Å². The second kappa shape index (κ2) is 5.18. The van der Waals surface area contributed by atoms with Crippen molar-refractivity contribution >= 4 is 16.7 Å².